The first-order chi connectivity index (χ1) is 14.6. The van der Waals surface area contributed by atoms with Crippen molar-refractivity contribution < 1.29 is 4.79 Å². The summed E-state index contributed by atoms with van der Waals surface area (Å²) in [6, 6.07) is 12.0. The van der Waals surface area contributed by atoms with Crippen LogP contribution < -0.4 is 5.32 Å². The first kappa shape index (κ1) is 20.0. The van der Waals surface area contributed by atoms with Crippen molar-refractivity contribution in [1.82, 2.24) is 4.90 Å². The SMILES string of the molecule is O=C(c1ccc2c(c1)[C@H]1C=CC[C@H]1[C@H](c1ccc(Cl)cc1Cl)N2)N1CCCCCC1. The minimum Gasteiger partial charge on any atom is -0.378 e. The highest BCUT2D eigenvalue weighted by molar-refractivity contribution is 6.35. The maximum Gasteiger partial charge on any atom is 0.253 e. The third-order valence-electron chi connectivity index (χ3n) is 6.80. The molecule has 30 heavy (non-hydrogen) atoms. The van der Waals surface area contributed by atoms with Gasteiger partial charge in [-0.3, -0.25) is 4.79 Å². The van der Waals surface area contributed by atoms with Gasteiger partial charge in [-0.1, -0.05) is 54.3 Å². The summed E-state index contributed by atoms with van der Waals surface area (Å²) < 4.78 is 0. The third-order valence-corrected chi connectivity index (χ3v) is 7.36. The van der Waals surface area contributed by atoms with Crippen LogP contribution >= 0.6 is 23.2 Å². The van der Waals surface area contributed by atoms with E-state index in [1.807, 2.05) is 29.2 Å². The number of carbonyl (C=O) groups excluding carboxylic acids is 1. The van der Waals surface area contributed by atoms with Gasteiger partial charge in [0, 0.05) is 40.3 Å². The first-order valence-electron chi connectivity index (χ1n) is 10.9. The lowest BCUT2D eigenvalue weighted by atomic mass is 9.76. The number of allylic oxidation sites excluding steroid dienone is 2. The van der Waals surface area contributed by atoms with Gasteiger partial charge in [-0.25, -0.2) is 0 Å². The summed E-state index contributed by atoms with van der Waals surface area (Å²) in [5.41, 5.74) is 4.19. The number of likely N-dealkylation sites (tertiary alicyclic amines) is 1. The molecule has 2 heterocycles. The molecular formula is C25H26Cl2N2O. The highest BCUT2D eigenvalue weighted by Crippen LogP contribution is 2.51. The maximum absolute atomic E-state index is 13.2. The van der Waals surface area contributed by atoms with Gasteiger partial charge in [0.15, 0.2) is 0 Å². The van der Waals surface area contributed by atoms with Gasteiger partial charge in [0.05, 0.1) is 6.04 Å². The molecule has 0 radical (unpaired) electrons. The van der Waals surface area contributed by atoms with Crippen LogP contribution in [0.15, 0.2) is 48.6 Å². The average molecular weight is 441 g/mol. The second kappa shape index (κ2) is 8.28. The number of halogens is 2. The van der Waals surface area contributed by atoms with Crippen molar-refractivity contribution in [2.75, 3.05) is 18.4 Å². The minimum atomic E-state index is 0.120. The average Bonchev–Trinajstić information content (AvgIpc) is 3.08. The molecule has 1 N–H and O–H groups in total. The molecule has 2 aromatic carbocycles. The molecule has 1 aliphatic carbocycles. The number of rotatable bonds is 2. The van der Waals surface area contributed by atoms with Crippen molar-refractivity contribution in [2.45, 2.75) is 44.1 Å². The Morgan fingerprint density at radius 2 is 1.77 bits per heavy atom. The standard InChI is InChI=1S/C25H26Cl2N2O/c26-17-9-10-20(22(27)15-17)24-19-7-5-6-18(19)21-14-16(8-11-23(21)28-24)25(30)29-12-3-1-2-4-13-29/h5-6,8-11,14-15,18-19,24,28H,1-4,7,12-13H2/t18-,19+,24+/m0/s1. The van der Waals surface area contributed by atoms with E-state index in [1.165, 1.54) is 18.4 Å². The van der Waals surface area contributed by atoms with Crippen LogP contribution in [0.3, 0.4) is 0 Å². The van der Waals surface area contributed by atoms with Crippen molar-refractivity contribution in [3.8, 4) is 0 Å². The molecule has 5 heteroatoms. The van der Waals surface area contributed by atoms with Crippen molar-refractivity contribution in [3.63, 3.8) is 0 Å². The summed E-state index contributed by atoms with van der Waals surface area (Å²) in [6.45, 7) is 1.74. The predicted octanol–water partition coefficient (Wildman–Crippen LogP) is 6.84. The number of amides is 1. The van der Waals surface area contributed by atoms with E-state index in [0.717, 1.165) is 49.2 Å². The first-order valence-corrected chi connectivity index (χ1v) is 11.7. The largest absolute Gasteiger partial charge is 0.378 e. The van der Waals surface area contributed by atoms with Crippen LogP contribution in [0.5, 0.6) is 0 Å². The molecule has 156 valence electrons. The van der Waals surface area contributed by atoms with E-state index in [1.54, 1.807) is 0 Å². The zero-order chi connectivity index (χ0) is 20.7. The number of nitrogens with one attached hydrogen (secondary N) is 1. The molecule has 3 nitrogen and oxygen atoms in total. The normalized spacial score (nSPS) is 25.3. The fourth-order valence-corrected chi connectivity index (χ4v) is 5.77. The van der Waals surface area contributed by atoms with Gasteiger partial charge < -0.3 is 10.2 Å². The van der Waals surface area contributed by atoms with Gasteiger partial charge in [0.2, 0.25) is 0 Å². The zero-order valence-corrected chi connectivity index (χ0v) is 18.4. The molecule has 0 spiro atoms. The quantitative estimate of drug-likeness (QED) is 0.518. The van der Waals surface area contributed by atoms with Crippen LogP contribution in [0.25, 0.3) is 0 Å². The fourth-order valence-electron chi connectivity index (χ4n) is 5.25. The lowest BCUT2D eigenvalue weighted by Crippen LogP contribution is -2.33. The highest BCUT2D eigenvalue weighted by atomic mass is 35.5. The smallest absolute Gasteiger partial charge is 0.253 e. The minimum absolute atomic E-state index is 0.120. The summed E-state index contributed by atoms with van der Waals surface area (Å²) in [6.07, 6.45) is 10.2. The Morgan fingerprint density at radius 1 is 0.967 bits per heavy atom. The van der Waals surface area contributed by atoms with Gasteiger partial charge in [-0.15, -0.1) is 0 Å². The molecular weight excluding hydrogens is 415 g/mol. The molecule has 0 saturated carbocycles. The molecule has 0 unspecified atom stereocenters. The van der Waals surface area contributed by atoms with E-state index >= 15 is 0 Å². The van der Waals surface area contributed by atoms with E-state index in [-0.39, 0.29) is 17.9 Å². The fraction of sp³-hybridized carbons (Fsp3) is 0.400. The molecule has 2 aromatic rings. The number of fused-ring (bicyclic) bond motifs is 3. The topological polar surface area (TPSA) is 32.3 Å². The summed E-state index contributed by atoms with van der Waals surface area (Å²) in [7, 11) is 0. The lowest BCUT2D eigenvalue weighted by Gasteiger charge is -2.38. The number of hydrogen-bond acceptors (Lipinski definition) is 2. The molecule has 1 saturated heterocycles. The van der Waals surface area contributed by atoms with Gasteiger partial charge >= 0.3 is 0 Å². The van der Waals surface area contributed by atoms with E-state index in [9.17, 15) is 4.79 Å². The van der Waals surface area contributed by atoms with Gasteiger partial charge in [0.25, 0.3) is 5.91 Å². The molecule has 3 atom stereocenters. The number of hydrogen-bond donors (Lipinski definition) is 1. The second-order valence-electron chi connectivity index (χ2n) is 8.65. The summed E-state index contributed by atoms with van der Waals surface area (Å²) in [5.74, 6) is 0.829. The Bertz CT molecular complexity index is 995. The van der Waals surface area contributed by atoms with Crippen molar-refractivity contribution >= 4 is 34.8 Å². The van der Waals surface area contributed by atoms with Crippen molar-refractivity contribution in [2.24, 2.45) is 5.92 Å². The predicted molar refractivity (Wildman–Crippen MR) is 124 cm³/mol. The Labute approximate surface area is 188 Å². The van der Waals surface area contributed by atoms with Crippen LogP contribution in [0.1, 0.15) is 65.5 Å². The van der Waals surface area contributed by atoms with Crippen LogP contribution in [-0.2, 0) is 0 Å². The lowest BCUT2D eigenvalue weighted by molar-refractivity contribution is 0.0761. The monoisotopic (exact) mass is 440 g/mol. The van der Waals surface area contributed by atoms with Crippen molar-refractivity contribution in [1.29, 1.82) is 0 Å². The van der Waals surface area contributed by atoms with Gasteiger partial charge in [-0.05, 0) is 66.6 Å². The molecule has 0 bridgehead atoms. The number of carbonyl (C=O) groups is 1. The van der Waals surface area contributed by atoms with E-state index in [2.05, 4.69) is 29.6 Å². The molecule has 1 fully saturated rings. The molecule has 3 aliphatic rings. The second-order valence-corrected chi connectivity index (χ2v) is 9.49. The summed E-state index contributed by atoms with van der Waals surface area (Å²) in [4.78, 5) is 15.2. The summed E-state index contributed by atoms with van der Waals surface area (Å²) >= 11 is 12.7. The zero-order valence-electron chi connectivity index (χ0n) is 16.9. The van der Waals surface area contributed by atoms with Crippen LogP contribution in [0, 0.1) is 5.92 Å². The Hall–Kier alpha value is -1.97. The van der Waals surface area contributed by atoms with Crippen LogP contribution in [0.4, 0.5) is 5.69 Å². The Morgan fingerprint density at radius 3 is 2.53 bits per heavy atom. The third kappa shape index (κ3) is 3.63. The van der Waals surface area contributed by atoms with E-state index in [0.29, 0.717) is 16.0 Å². The molecule has 0 aromatic heterocycles. The maximum atomic E-state index is 13.2. The molecule has 1 amide bonds. The van der Waals surface area contributed by atoms with Crippen molar-refractivity contribution in [3.05, 3.63) is 75.3 Å². The van der Waals surface area contributed by atoms with Crippen LogP contribution in [0.2, 0.25) is 10.0 Å². The van der Waals surface area contributed by atoms with Gasteiger partial charge in [-0.2, -0.15) is 0 Å². The Balaban J connectivity index is 1.47. The Kier molecular flexibility index (Phi) is 5.51. The number of benzene rings is 2. The highest BCUT2D eigenvalue weighted by Gasteiger charge is 2.39. The van der Waals surface area contributed by atoms with Gasteiger partial charge in [0.1, 0.15) is 0 Å². The van der Waals surface area contributed by atoms with Crippen LogP contribution in [-0.4, -0.2) is 23.9 Å². The van der Waals surface area contributed by atoms with E-state index in [4.69, 9.17) is 23.2 Å². The number of nitrogens with zero attached hydrogens (tertiary/aromatic N) is 1. The molecule has 2 aliphatic heterocycles. The number of anilines is 1. The molecule has 5 rings (SSSR count). The summed E-state index contributed by atoms with van der Waals surface area (Å²) in [5, 5.41) is 5.06. The van der Waals surface area contributed by atoms with E-state index < -0.39 is 0 Å².